The second kappa shape index (κ2) is 7.07. The summed E-state index contributed by atoms with van der Waals surface area (Å²) in [6.45, 7) is 4.72. The number of imidazole rings is 1. The fraction of sp³-hybridized carbons (Fsp3) is 0.750. The number of nitrogens with zero attached hydrogens (tertiary/aromatic N) is 4. The Morgan fingerprint density at radius 1 is 1.14 bits per heavy atom. The molecule has 0 N–H and O–H groups in total. The fourth-order valence-electron chi connectivity index (χ4n) is 3.57. The Kier molecular flexibility index (Phi) is 4.91. The third kappa shape index (κ3) is 3.84. The van der Waals surface area contributed by atoms with Gasteiger partial charge in [-0.3, -0.25) is 9.69 Å². The van der Waals surface area contributed by atoms with E-state index < -0.39 is 0 Å². The molecule has 1 aromatic heterocycles. The Bertz CT molecular complexity index is 439. The number of rotatable bonds is 5. The van der Waals surface area contributed by atoms with Crippen molar-refractivity contribution < 1.29 is 4.79 Å². The molecule has 5 nitrogen and oxygen atoms in total. The zero-order valence-corrected chi connectivity index (χ0v) is 12.8. The number of aromatic nitrogens is 2. The lowest BCUT2D eigenvalue weighted by molar-refractivity contribution is -0.136. The number of amides is 1. The molecule has 1 amide bonds. The maximum Gasteiger partial charge on any atom is 0.236 e. The van der Waals surface area contributed by atoms with Gasteiger partial charge in [-0.15, -0.1) is 0 Å². The molecule has 1 atom stereocenters. The standard InChI is InChI=1S/C16H26N4O/c21-16(13-18-8-3-4-9-18)20-10-2-1-5-15(20)6-11-19-12-7-17-14-19/h7,12,14-15H,1-6,8-11,13H2/t15-/m0/s1. The molecular weight excluding hydrogens is 264 g/mol. The lowest BCUT2D eigenvalue weighted by Gasteiger charge is -2.37. The zero-order valence-electron chi connectivity index (χ0n) is 12.8. The zero-order chi connectivity index (χ0) is 14.5. The van der Waals surface area contributed by atoms with Crippen LogP contribution in [-0.2, 0) is 11.3 Å². The summed E-state index contributed by atoms with van der Waals surface area (Å²) in [5.41, 5.74) is 0. The van der Waals surface area contributed by atoms with E-state index in [9.17, 15) is 4.79 Å². The fourth-order valence-corrected chi connectivity index (χ4v) is 3.57. The van der Waals surface area contributed by atoms with Crippen LogP contribution in [0.2, 0.25) is 0 Å². The van der Waals surface area contributed by atoms with Gasteiger partial charge >= 0.3 is 0 Å². The minimum absolute atomic E-state index is 0.340. The first-order valence-corrected chi connectivity index (χ1v) is 8.30. The second-order valence-corrected chi connectivity index (χ2v) is 6.31. The highest BCUT2D eigenvalue weighted by atomic mass is 16.2. The van der Waals surface area contributed by atoms with Crippen LogP contribution in [0.15, 0.2) is 18.7 Å². The SMILES string of the molecule is O=C(CN1CCCC1)N1CCCC[C@H]1CCn1ccnc1. The first-order valence-electron chi connectivity index (χ1n) is 8.30. The Morgan fingerprint density at radius 3 is 2.71 bits per heavy atom. The van der Waals surface area contributed by atoms with Crippen molar-refractivity contribution in [2.45, 2.75) is 51.1 Å². The van der Waals surface area contributed by atoms with Crippen molar-refractivity contribution in [2.24, 2.45) is 0 Å². The molecule has 2 fully saturated rings. The van der Waals surface area contributed by atoms with Gasteiger partial charge < -0.3 is 9.47 Å². The van der Waals surface area contributed by atoms with Gasteiger partial charge in [-0.05, 0) is 51.6 Å². The molecule has 2 saturated heterocycles. The molecule has 0 saturated carbocycles. The van der Waals surface area contributed by atoms with Crippen LogP contribution in [0.5, 0.6) is 0 Å². The number of carbonyl (C=O) groups excluding carboxylic acids is 1. The monoisotopic (exact) mass is 290 g/mol. The van der Waals surface area contributed by atoms with E-state index in [1.807, 2.05) is 18.7 Å². The lowest BCUT2D eigenvalue weighted by atomic mass is 9.99. The van der Waals surface area contributed by atoms with Crippen LogP contribution in [-0.4, -0.2) is 57.5 Å². The summed E-state index contributed by atoms with van der Waals surface area (Å²) in [5, 5.41) is 0. The van der Waals surface area contributed by atoms with Crippen LogP contribution in [0, 0.1) is 0 Å². The maximum absolute atomic E-state index is 12.6. The van der Waals surface area contributed by atoms with Crippen LogP contribution < -0.4 is 0 Å². The van der Waals surface area contributed by atoms with Gasteiger partial charge in [-0.1, -0.05) is 0 Å². The summed E-state index contributed by atoms with van der Waals surface area (Å²) in [6.07, 6.45) is 12.8. The van der Waals surface area contributed by atoms with Crippen LogP contribution in [0.25, 0.3) is 0 Å². The summed E-state index contributed by atoms with van der Waals surface area (Å²) < 4.78 is 2.11. The summed E-state index contributed by atoms with van der Waals surface area (Å²) in [6, 6.07) is 0.413. The van der Waals surface area contributed by atoms with E-state index in [4.69, 9.17) is 0 Å². The number of hydrogen-bond donors (Lipinski definition) is 0. The Balaban J connectivity index is 1.53. The highest BCUT2D eigenvalue weighted by molar-refractivity contribution is 5.78. The van der Waals surface area contributed by atoms with Crippen molar-refractivity contribution in [2.75, 3.05) is 26.2 Å². The molecule has 3 rings (SSSR count). The molecule has 0 radical (unpaired) electrons. The maximum atomic E-state index is 12.6. The average molecular weight is 290 g/mol. The molecule has 0 unspecified atom stereocenters. The highest BCUT2D eigenvalue weighted by Gasteiger charge is 2.28. The summed E-state index contributed by atoms with van der Waals surface area (Å²) in [4.78, 5) is 21.1. The molecule has 1 aromatic rings. The van der Waals surface area contributed by atoms with E-state index in [2.05, 4.69) is 19.4 Å². The number of aryl methyl sites for hydroxylation is 1. The molecule has 21 heavy (non-hydrogen) atoms. The molecule has 2 aliphatic rings. The molecule has 0 bridgehead atoms. The van der Waals surface area contributed by atoms with Gasteiger partial charge in [0.1, 0.15) is 0 Å². The first kappa shape index (κ1) is 14.6. The van der Waals surface area contributed by atoms with Crippen molar-refractivity contribution in [1.29, 1.82) is 0 Å². The van der Waals surface area contributed by atoms with Gasteiger partial charge in [-0.2, -0.15) is 0 Å². The van der Waals surface area contributed by atoms with Crippen molar-refractivity contribution in [3.8, 4) is 0 Å². The van der Waals surface area contributed by atoms with E-state index >= 15 is 0 Å². The van der Waals surface area contributed by atoms with E-state index in [0.717, 1.165) is 45.4 Å². The van der Waals surface area contributed by atoms with Gasteiger partial charge in [-0.25, -0.2) is 4.98 Å². The van der Waals surface area contributed by atoms with Crippen LogP contribution in [0.4, 0.5) is 0 Å². The van der Waals surface area contributed by atoms with Gasteiger partial charge in [0.15, 0.2) is 0 Å². The molecular formula is C16H26N4O. The van der Waals surface area contributed by atoms with Crippen molar-refractivity contribution in [3.63, 3.8) is 0 Å². The molecule has 5 heteroatoms. The highest BCUT2D eigenvalue weighted by Crippen LogP contribution is 2.21. The third-order valence-corrected chi connectivity index (χ3v) is 4.78. The smallest absolute Gasteiger partial charge is 0.236 e. The summed E-state index contributed by atoms with van der Waals surface area (Å²) in [5.74, 6) is 0.340. The molecule has 116 valence electrons. The van der Waals surface area contributed by atoms with Crippen molar-refractivity contribution in [3.05, 3.63) is 18.7 Å². The largest absolute Gasteiger partial charge is 0.339 e. The van der Waals surface area contributed by atoms with Crippen molar-refractivity contribution in [1.82, 2.24) is 19.4 Å². The Morgan fingerprint density at radius 2 is 1.95 bits per heavy atom. The van der Waals surface area contributed by atoms with Crippen LogP contribution in [0.3, 0.4) is 0 Å². The van der Waals surface area contributed by atoms with Gasteiger partial charge in [0.2, 0.25) is 5.91 Å². The van der Waals surface area contributed by atoms with Gasteiger partial charge in [0, 0.05) is 31.5 Å². The second-order valence-electron chi connectivity index (χ2n) is 6.31. The molecule has 0 aromatic carbocycles. The van der Waals surface area contributed by atoms with Crippen LogP contribution in [0.1, 0.15) is 38.5 Å². The number of likely N-dealkylation sites (tertiary alicyclic amines) is 2. The summed E-state index contributed by atoms with van der Waals surface area (Å²) >= 11 is 0. The summed E-state index contributed by atoms with van der Waals surface area (Å²) in [7, 11) is 0. The minimum Gasteiger partial charge on any atom is -0.339 e. The first-order chi connectivity index (χ1) is 10.3. The topological polar surface area (TPSA) is 41.4 Å². The quantitative estimate of drug-likeness (QED) is 0.829. The van der Waals surface area contributed by atoms with Crippen LogP contribution >= 0.6 is 0 Å². The lowest BCUT2D eigenvalue weighted by Crippen LogP contribution is -2.48. The number of piperidine rings is 1. The average Bonchev–Trinajstić information content (AvgIpc) is 3.18. The minimum atomic E-state index is 0.340. The third-order valence-electron chi connectivity index (χ3n) is 4.78. The number of carbonyl (C=O) groups is 1. The molecule has 0 aliphatic carbocycles. The normalized spacial score (nSPS) is 23.6. The van der Waals surface area contributed by atoms with E-state index in [1.54, 1.807) is 0 Å². The van der Waals surface area contributed by atoms with E-state index in [-0.39, 0.29) is 0 Å². The predicted octanol–water partition coefficient (Wildman–Crippen LogP) is 1.75. The van der Waals surface area contributed by atoms with Gasteiger partial charge in [0.05, 0.1) is 12.9 Å². The number of hydrogen-bond acceptors (Lipinski definition) is 3. The molecule has 0 spiro atoms. The van der Waals surface area contributed by atoms with E-state index in [1.165, 1.54) is 19.3 Å². The Hall–Kier alpha value is -1.36. The van der Waals surface area contributed by atoms with Gasteiger partial charge in [0.25, 0.3) is 0 Å². The predicted molar refractivity (Wildman–Crippen MR) is 81.9 cm³/mol. The van der Waals surface area contributed by atoms with Crippen molar-refractivity contribution >= 4 is 5.91 Å². The Labute approximate surface area is 126 Å². The molecule has 2 aliphatic heterocycles. The molecule has 3 heterocycles. The van der Waals surface area contributed by atoms with E-state index in [0.29, 0.717) is 18.5 Å².